The van der Waals surface area contributed by atoms with E-state index >= 15 is 0 Å². The third-order valence-electron chi connectivity index (χ3n) is 6.20. The number of rotatable bonds is 8. The lowest BCUT2D eigenvalue weighted by atomic mass is 9.81. The van der Waals surface area contributed by atoms with E-state index in [1.165, 1.54) is 18.4 Å². The Labute approximate surface area is 197 Å². The molecule has 0 bridgehead atoms. The summed E-state index contributed by atoms with van der Waals surface area (Å²) < 4.78 is 4.73. The zero-order valence-electron chi connectivity index (χ0n) is 18.6. The van der Waals surface area contributed by atoms with Crippen LogP contribution in [0.15, 0.2) is 41.9 Å². The first kappa shape index (κ1) is 23.1. The fourth-order valence-corrected chi connectivity index (χ4v) is 4.98. The van der Waals surface area contributed by atoms with E-state index in [0.29, 0.717) is 35.4 Å². The number of nitrogens with one attached hydrogen (secondary N) is 2. The van der Waals surface area contributed by atoms with E-state index in [1.807, 2.05) is 30.3 Å². The molecule has 0 aliphatic heterocycles. The molecule has 0 saturated heterocycles. The summed E-state index contributed by atoms with van der Waals surface area (Å²) in [6, 6.07) is 9.72. The van der Waals surface area contributed by atoms with Gasteiger partial charge in [-0.3, -0.25) is 4.79 Å². The number of H-pyrrole nitrogens is 1. The summed E-state index contributed by atoms with van der Waals surface area (Å²) in [5.41, 5.74) is 7.79. The number of carbonyl (C=O) groups is 2. The van der Waals surface area contributed by atoms with E-state index in [-0.39, 0.29) is 23.6 Å². The fourth-order valence-electron chi connectivity index (χ4n) is 4.23. The number of benzene rings is 1. The SMILES string of the molecule is COC(=O)c1csc(-c2c[nH]c([C@H](Cc3ccccc3)NC(=O)[C@H]3CC[C@H](CN)CC3)n2)n1. The molecule has 0 radical (unpaired) electrons. The highest BCUT2D eigenvalue weighted by molar-refractivity contribution is 7.13. The van der Waals surface area contributed by atoms with Crippen molar-refractivity contribution < 1.29 is 14.3 Å². The highest BCUT2D eigenvalue weighted by Gasteiger charge is 2.28. The van der Waals surface area contributed by atoms with Gasteiger partial charge in [-0.25, -0.2) is 14.8 Å². The van der Waals surface area contributed by atoms with Crippen molar-refractivity contribution >= 4 is 23.2 Å². The minimum absolute atomic E-state index is 0.00193. The number of nitrogens with two attached hydrogens (primary N) is 1. The Morgan fingerprint density at radius 3 is 2.67 bits per heavy atom. The summed E-state index contributed by atoms with van der Waals surface area (Å²) in [4.78, 5) is 37.1. The number of esters is 1. The molecule has 0 unspecified atom stereocenters. The Bertz CT molecular complexity index is 1070. The highest BCUT2D eigenvalue weighted by atomic mass is 32.1. The maximum absolute atomic E-state index is 13.1. The van der Waals surface area contributed by atoms with Crippen molar-refractivity contribution in [3.63, 3.8) is 0 Å². The fraction of sp³-hybridized carbons (Fsp3) is 0.417. The summed E-state index contributed by atoms with van der Waals surface area (Å²) in [5, 5.41) is 5.49. The molecule has 1 aliphatic carbocycles. The van der Waals surface area contributed by atoms with Crippen LogP contribution in [0.3, 0.4) is 0 Å². The number of imidazole rings is 1. The number of hydrogen-bond acceptors (Lipinski definition) is 7. The molecule has 2 heterocycles. The molecular formula is C24H29N5O3S. The second kappa shape index (κ2) is 10.7. The molecule has 1 saturated carbocycles. The average Bonchev–Trinajstić information content (AvgIpc) is 3.54. The van der Waals surface area contributed by atoms with Gasteiger partial charge in [0, 0.05) is 17.5 Å². The molecule has 4 rings (SSSR count). The number of hydrogen-bond donors (Lipinski definition) is 3. The number of nitrogens with zero attached hydrogens (tertiary/aromatic N) is 2. The van der Waals surface area contributed by atoms with Gasteiger partial charge < -0.3 is 20.8 Å². The van der Waals surface area contributed by atoms with Crippen molar-refractivity contribution in [1.29, 1.82) is 0 Å². The molecule has 4 N–H and O–H groups in total. The topological polar surface area (TPSA) is 123 Å². The quantitative estimate of drug-likeness (QED) is 0.436. The minimum atomic E-state index is -0.480. The van der Waals surface area contributed by atoms with Gasteiger partial charge in [0.05, 0.1) is 13.2 Å². The second-order valence-electron chi connectivity index (χ2n) is 8.40. The Morgan fingerprint density at radius 1 is 1.21 bits per heavy atom. The molecule has 9 heteroatoms. The summed E-state index contributed by atoms with van der Waals surface area (Å²) in [6.07, 6.45) is 6.09. The van der Waals surface area contributed by atoms with E-state index in [0.717, 1.165) is 31.2 Å². The lowest BCUT2D eigenvalue weighted by Gasteiger charge is -2.28. The van der Waals surface area contributed by atoms with Crippen molar-refractivity contribution in [1.82, 2.24) is 20.3 Å². The largest absolute Gasteiger partial charge is 0.464 e. The standard InChI is InChI=1S/C24H29N5O3S/c1-32-24(31)20-14-33-23(29-20)19-13-26-21(27-19)18(11-15-5-3-2-4-6-15)28-22(30)17-9-7-16(12-25)8-10-17/h2-6,13-14,16-18H,7-12,25H2,1H3,(H,26,27)(H,28,30)/t16-,17-,18-/m0/s1. The number of amides is 1. The Kier molecular flexibility index (Phi) is 7.51. The number of methoxy groups -OCH3 is 1. The van der Waals surface area contributed by atoms with Crippen molar-refractivity contribution in [2.24, 2.45) is 17.6 Å². The van der Waals surface area contributed by atoms with Gasteiger partial charge in [-0.05, 0) is 50.1 Å². The molecule has 1 atom stereocenters. The second-order valence-corrected chi connectivity index (χ2v) is 9.26. The number of thiazole rings is 1. The summed E-state index contributed by atoms with van der Waals surface area (Å²) in [5.74, 6) is 0.767. The summed E-state index contributed by atoms with van der Waals surface area (Å²) in [6.45, 7) is 0.689. The van der Waals surface area contributed by atoms with Crippen LogP contribution in [-0.2, 0) is 16.0 Å². The van der Waals surface area contributed by atoms with E-state index < -0.39 is 5.97 Å². The summed E-state index contributed by atoms with van der Waals surface area (Å²) >= 11 is 1.32. The first-order valence-electron chi connectivity index (χ1n) is 11.2. The Morgan fingerprint density at radius 2 is 1.97 bits per heavy atom. The average molecular weight is 468 g/mol. The van der Waals surface area contributed by atoms with Crippen LogP contribution >= 0.6 is 11.3 Å². The lowest BCUT2D eigenvalue weighted by molar-refractivity contribution is -0.127. The molecule has 1 fully saturated rings. The van der Waals surface area contributed by atoms with Crippen molar-refractivity contribution in [3.8, 4) is 10.7 Å². The summed E-state index contributed by atoms with van der Waals surface area (Å²) in [7, 11) is 1.33. The van der Waals surface area contributed by atoms with Crippen molar-refractivity contribution in [3.05, 3.63) is 59.0 Å². The first-order chi connectivity index (χ1) is 16.1. The van der Waals surface area contributed by atoms with Gasteiger partial charge in [0.25, 0.3) is 0 Å². The molecule has 1 aliphatic rings. The van der Waals surface area contributed by atoms with Crippen LogP contribution in [0.2, 0.25) is 0 Å². The molecule has 1 aromatic carbocycles. The molecule has 3 aromatic rings. The van der Waals surface area contributed by atoms with Crippen LogP contribution in [-0.4, -0.2) is 40.5 Å². The van der Waals surface area contributed by atoms with Gasteiger partial charge in [0.1, 0.15) is 16.5 Å². The normalized spacial score (nSPS) is 19.1. The van der Waals surface area contributed by atoms with Crippen LogP contribution in [0.1, 0.15) is 53.6 Å². The van der Waals surface area contributed by atoms with Crippen LogP contribution < -0.4 is 11.1 Å². The van der Waals surface area contributed by atoms with Crippen LogP contribution in [0, 0.1) is 11.8 Å². The van der Waals surface area contributed by atoms with E-state index in [9.17, 15) is 9.59 Å². The third-order valence-corrected chi connectivity index (χ3v) is 7.06. The zero-order chi connectivity index (χ0) is 23.2. The van der Waals surface area contributed by atoms with Gasteiger partial charge in [-0.15, -0.1) is 11.3 Å². The van der Waals surface area contributed by atoms with Crippen LogP contribution in [0.5, 0.6) is 0 Å². The van der Waals surface area contributed by atoms with Gasteiger partial charge >= 0.3 is 5.97 Å². The highest BCUT2D eigenvalue weighted by Crippen LogP contribution is 2.30. The van der Waals surface area contributed by atoms with Crippen LogP contribution in [0.25, 0.3) is 10.7 Å². The first-order valence-corrected chi connectivity index (χ1v) is 12.1. The molecule has 0 spiro atoms. The molecule has 8 nitrogen and oxygen atoms in total. The predicted octanol–water partition coefficient (Wildman–Crippen LogP) is 3.48. The number of carbonyl (C=O) groups excluding carboxylic acids is 2. The van der Waals surface area contributed by atoms with Gasteiger partial charge in [-0.2, -0.15) is 0 Å². The molecule has 33 heavy (non-hydrogen) atoms. The molecule has 1 amide bonds. The lowest BCUT2D eigenvalue weighted by Crippen LogP contribution is -2.37. The van der Waals surface area contributed by atoms with Crippen LogP contribution in [0.4, 0.5) is 0 Å². The number of ether oxygens (including phenoxy) is 1. The Hall–Kier alpha value is -3.04. The Balaban J connectivity index is 1.52. The van der Waals surface area contributed by atoms with Gasteiger partial charge in [0.15, 0.2) is 5.69 Å². The van der Waals surface area contributed by atoms with Gasteiger partial charge in [-0.1, -0.05) is 30.3 Å². The number of aromatic nitrogens is 3. The minimum Gasteiger partial charge on any atom is -0.464 e. The molecule has 2 aromatic heterocycles. The van der Waals surface area contributed by atoms with Gasteiger partial charge in [0.2, 0.25) is 5.91 Å². The zero-order valence-corrected chi connectivity index (χ0v) is 19.4. The number of aromatic amines is 1. The van der Waals surface area contributed by atoms with Crippen molar-refractivity contribution in [2.45, 2.75) is 38.1 Å². The smallest absolute Gasteiger partial charge is 0.357 e. The molecule has 174 valence electrons. The van der Waals surface area contributed by atoms with E-state index in [1.54, 1.807) is 11.6 Å². The predicted molar refractivity (Wildman–Crippen MR) is 127 cm³/mol. The maximum atomic E-state index is 13.1. The van der Waals surface area contributed by atoms with E-state index in [2.05, 4.69) is 15.3 Å². The maximum Gasteiger partial charge on any atom is 0.357 e. The monoisotopic (exact) mass is 467 g/mol. The van der Waals surface area contributed by atoms with E-state index in [4.69, 9.17) is 15.5 Å². The molecular weight excluding hydrogens is 438 g/mol. The third kappa shape index (κ3) is 5.66. The van der Waals surface area contributed by atoms with Crippen molar-refractivity contribution in [2.75, 3.05) is 13.7 Å².